The summed E-state index contributed by atoms with van der Waals surface area (Å²) in [5, 5.41) is -4.51. The third kappa shape index (κ3) is 7.29. The number of halogens is 2. The van der Waals surface area contributed by atoms with E-state index >= 15 is 0 Å². The van der Waals surface area contributed by atoms with Crippen LogP contribution in [-0.2, 0) is 24.1 Å². The van der Waals surface area contributed by atoms with Crippen LogP contribution < -0.4 is 0 Å². The second-order valence-corrected chi connectivity index (χ2v) is 12.1. The van der Waals surface area contributed by atoms with Crippen LogP contribution in [0.4, 0.5) is 8.78 Å². The summed E-state index contributed by atoms with van der Waals surface area (Å²) in [6.07, 6.45) is -0.158. The molecule has 21 heavy (non-hydrogen) atoms. The van der Waals surface area contributed by atoms with Gasteiger partial charge in [0.1, 0.15) is 0 Å². The van der Waals surface area contributed by atoms with E-state index in [1.807, 2.05) is 13.1 Å². The molecule has 0 aromatic heterocycles. The highest BCUT2D eigenvalue weighted by atomic mass is 32.2. The van der Waals surface area contributed by atoms with E-state index in [9.17, 15) is 22.0 Å². The minimum absolute atomic E-state index is 0.158. The van der Waals surface area contributed by atoms with Gasteiger partial charge in [-0.05, 0) is 24.6 Å². The molecular weight excluding hydrogens is 326 g/mol. The molecule has 0 atom stereocenters. The Labute approximate surface area is 124 Å². The molecule has 0 unspecified atom stereocenters. The first-order valence-electron chi connectivity index (χ1n) is 6.18. The molecular formula is C11H22F2O6SSi. The maximum atomic E-state index is 12.9. The molecule has 10 heteroatoms. The average Bonchev–Trinajstić information content (AvgIpc) is 2.22. The lowest BCUT2D eigenvalue weighted by atomic mass is 9.92. The van der Waals surface area contributed by atoms with Crippen LogP contribution in [0.1, 0.15) is 20.3 Å². The second kappa shape index (κ2) is 6.67. The third-order valence-electron chi connectivity index (χ3n) is 2.86. The molecule has 0 spiro atoms. The van der Waals surface area contributed by atoms with Gasteiger partial charge in [-0.1, -0.05) is 13.8 Å². The molecule has 0 amide bonds. The Hall–Kier alpha value is -0.583. The first-order chi connectivity index (χ1) is 9.12. The van der Waals surface area contributed by atoms with Gasteiger partial charge in [-0.3, -0.25) is 9.35 Å². The first kappa shape index (κ1) is 20.4. The maximum Gasteiger partial charge on any atom is 0.402 e. The Kier molecular flexibility index (Phi) is 6.49. The summed E-state index contributed by atoms with van der Waals surface area (Å²) < 4.78 is 64.5. The van der Waals surface area contributed by atoms with E-state index in [-0.39, 0.29) is 6.42 Å². The largest absolute Gasteiger partial charge is 0.458 e. The lowest BCUT2D eigenvalue weighted by molar-refractivity contribution is -0.151. The summed E-state index contributed by atoms with van der Waals surface area (Å²) in [6, 6.07) is 0.598. The molecule has 0 bridgehead atoms. The van der Waals surface area contributed by atoms with Crippen molar-refractivity contribution in [1.82, 2.24) is 0 Å². The molecule has 0 aromatic carbocycles. The average molecular weight is 348 g/mol. The van der Waals surface area contributed by atoms with Crippen molar-refractivity contribution in [2.45, 2.75) is 44.7 Å². The van der Waals surface area contributed by atoms with Crippen molar-refractivity contribution in [1.29, 1.82) is 0 Å². The maximum absolute atomic E-state index is 12.9. The van der Waals surface area contributed by atoms with E-state index in [0.717, 1.165) is 0 Å². The molecule has 0 rings (SSSR count). The zero-order valence-corrected chi connectivity index (χ0v) is 14.6. The van der Waals surface area contributed by atoms with E-state index in [2.05, 4.69) is 4.74 Å². The molecule has 126 valence electrons. The van der Waals surface area contributed by atoms with Gasteiger partial charge in [0.2, 0.25) is 0 Å². The molecule has 0 aromatic rings. The minimum Gasteiger partial charge on any atom is -0.458 e. The van der Waals surface area contributed by atoms with E-state index in [1.54, 1.807) is 21.0 Å². The van der Waals surface area contributed by atoms with Gasteiger partial charge < -0.3 is 9.16 Å². The summed E-state index contributed by atoms with van der Waals surface area (Å²) in [4.78, 5) is 11.5. The minimum atomic E-state index is -5.60. The Bertz CT molecular complexity index is 475. The lowest BCUT2D eigenvalue weighted by Gasteiger charge is -2.31. The predicted octanol–water partition coefficient (Wildman–Crippen LogP) is 2.28. The number of hydrogen-bond donors (Lipinski definition) is 1. The molecule has 1 N–H and O–H groups in total. The molecule has 0 aliphatic rings. The van der Waals surface area contributed by atoms with Crippen LogP contribution in [0.2, 0.25) is 19.1 Å². The Morgan fingerprint density at radius 1 is 1.29 bits per heavy atom. The molecule has 0 aliphatic heterocycles. The van der Waals surface area contributed by atoms with Gasteiger partial charge in [0.25, 0.3) is 0 Å². The van der Waals surface area contributed by atoms with Gasteiger partial charge in [-0.25, -0.2) is 0 Å². The topological polar surface area (TPSA) is 89.9 Å². The number of hydrogen-bond acceptors (Lipinski definition) is 5. The second-order valence-electron chi connectivity index (χ2n) is 6.25. The van der Waals surface area contributed by atoms with Crippen LogP contribution in [0.3, 0.4) is 0 Å². The smallest absolute Gasteiger partial charge is 0.402 e. The molecule has 0 fully saturated rings. The van der Waals surface area contributed by atoms with Gasteiger partial charge in [0.05, 0.1) is 6.42 Å². The van der Waals surface area contributed by atoms with Crippen LogP contribution in [-0.4, -0.2) is 46.2 Å². The quantitative estimate of drug-likeness (QED) is 0.411. The highest BCUT2D eigenvalue weighted by Crippen LogP contribution is 2.32. The molecule has 0 saturated carbocycles. The van der Waals surface area contributed by atoms with Gasteiger partial charge in [0.15, 0.2) is 14.9 Å². The highest BCUT2D eigenvalue weighted by Gasteiger charge is 2.46. The van der Waals surface area contributed by atoms with Crippen LogP contribution in [0.25, 0.3) is 0 Å². The summed E-state index contributed by atoms with van der Waals surface area (Å²) in [5.74, 6) is -0.954. The normalized spacial score (nSPS) is 14.1. The van der Waals surface area contributed by atoms with Crippen LogP contribution in [0.5, 0.6) is 0 Å². The molecule has 0 aliphatic carbocycles. The molecule has 0 saturated heterocycles. The number of rotatable bonds is 8. The number of ether oxygens (including phenoxy) is 1. The number of esters is 1. The SMILES string of the molecule is CO[Si](C)(C)CC(C)(C)CC(=O)OCC(F)(F)S(=O)(=O)O. The fraction of sp³-hybridized carbons (Fsp3) is 0.909. The predicted molar refractivity (Wildman–Crippen MR) is 75.2 cm³/mol. The standard InChI is InChI=1S/C11H22F2O6SSi/c1-10(2,8-21(4,5)18-3)6-9(14)19-7-11(12,13)20(15,16)17/h6-8H2,1-5H3,(H,15,16,17). The monoisotopic (exact) mass is 348 g/mol. The van der Waals surface area contributed by atoms with Crippen LogP contribution >= 0.6 is 0 Å². The van der Waals surface area contributed by atoms with Gasteiger partial charge >= 0.3 is 21.3 Å². The fourth-order valence-electron chi connectivity index (χ4n) is 1.97. The number of carbonyl (C=O) groups is 1. The molecule has 6 nitrogen and oxygen atoms in total. The van der Waals surface area contributed by atoms with Gasteiger partial charge in [-0.2, -0.15) is 17.2 Å². The van der Waals surface area contributed by atoms with Gasteiger partial charge in [0, 0.05) is 7.11 Å². The third-order valence-corrected chi connectivity index (χ3v) is 6.64. The number of alkyl halides is 2. The van der Waals surface area contributed by atoms with Gasteiger partial charge in [-0.15, -0.1) is 0 Å². The molecule has 0 radical (unpaired) electrons. The first-order valence-corrected chi connectivity index (χ1v) is 10.7. The van der Waals surface area contributed by atoms with Crippen molar-refractivity contribution >= 4 is 24.4 Å². The van der Waals surface area contributed by atoms with Crippen LogP contribution in [0.15, 0.2) is 0 Å². The summed E-state index contributed by atoms with van der Waals surface area (Å²) in [7, 11) is -5.98. The fourth-order valence-corrected chi connectivity index (χ4v) is 4.75. The highest BCUT2D eigenvalue weighted by molar-refractivity contribution is 7.86. The van der Waals surface area contributed by atoms with E-state index in [0.29, 0.717) is 6.04 Å². The van der Waals surface area contributed by atoms with Crippen molar-refractivity contribution in [3.8, 4) is 0 Å². The number of carbonyl (C=O) groups excluding carboxylic acids is 1. The zero-order valence-electron chi connectivity index (χ0n) is 12.8. The van der Waals surface area contributed by atoms with Crippen molar-refractivity contribution in [3.05, 3.63) is 0 Å². The summed E-state index contributed by atoms with van der Waals surface area (Å²) in [6.45, 7) is 5.73. The lowest BCUT2D eigenvalue weighted by Crippen LogP contribution is -2.37. The Morgan fingerprint density at radius 3 is 2.14 bits per heavy atom. The van der Waals surface area contributed by atoms with E-state index in [1.165, 1.54) is 0 Å². The summed E-state index contributed by atoms with van der Waals surface area (Å²) in [5.41, 5.74) is -0.532. The van der Waals surface area contributed by atoms with E-state index in [4.69, 9.17) is 8.98 Å². The Balaban J connectivity index is 4.58. The van der Waals surface area contributed by atoms with E-state index < -0.39 is 41.7 Å². The van der Waals surface area contributed by atoms with Crippen LogP contribution in [0, 0.1) is 5.41 Å². The zero-order chi connectivity index (χ0) is 17.1. The van der Waals surface area contributed by atoms with Crippen molar-refractivity contribution < 1.29 is 35.7 Å². The van der Waals surface area contributed by atoms with Crippen molar-refractivity contribution in [3.63, 3.8) is 0 Å². The van der Waals surface area contributed by atoms with Crippen molar-refractivity contribution in [2.24, 2.45) is 5.41 Å². The Morgan fingerprint density at radius 2 is 1.76 bits per heavy atom. The summed E-state index contributed by atoms with van der Waals surface area (Å²) >= 11 is 0. The molecule has 0 heterocycles. The van der Waals surface area contributed by atoms with Crippen molar-refractivity contribution in [2.75, 3.05) is 13.7 Å².